The van der Waals surface area contributed by atoms with Crippen molar-refractivity contribution in [1.29, 1.82) is 0 Å². The fraction of sp³-hybridized carbons (Fsp3) is 0.316. The number of ether oxygens (including phenoxy) is 1. The van der Waals surface area contributed by atoms with E-state index in [2.05, 4.69) is 41.6 Å². The lowest BCUT2D eigenvalue weighted by Gasteiger charge is -2.08. The van der Waals surface area contributed by atoms with Crippen LogP contribution >= 0.6 is 0 Å². The Kier molecular flexibility index (Phi) is 4.97. The highest BCUT2D eigenvalue weighted by molar-refractivity contribution is 5.94. The summed E-state index contributed by atoms with van der Waals surface area (Å²) < 4.78 is 7.65. The van der Waals surface area contributed by atoms with Gasteiger partial charge in [-0.25, -0.2) is 4.68 Å². The molecular formula is C19H22N4O2. The van der Waals surface area contributed by atoms with Crippen molar-refractivity contribution >= 4 is 16.9 Å². The molecular weight excluding hydrogens is 316 g/mol. The van der Waals surface area contributed by atoms with Crippen LogP contribution in [0.25, 0.3) is 11.0 Å². The number of hydrogen-bond acceptors (Lipinski definition) is 4. The van der Waals surface area contributed by atoms with Gasteiger partial charge in [0.05, 0.1) is 12.1 Å². The molecule has 0 aliphatic rings. The average Bonchev–Trinajstić information content (AvgIpc) is 3.01. The number of aryl methyl sites for hydroxylation is 3. The predicted molar refractivity (Wildman–Crippen MR) is 96.9 cm³/mol. The predicted octanol–water partition coefficient (Wildman–Crippen LogP) is 2.88. The first-order chi connectivity index (χ1) is 12.1. The van der Waals surface area contributed by atoms with E-state index in [0.717, 1.165) is 29.7 Å². The number of carbonyl (C=O) groups excluding carboxylic acids is 1. The van der Waals surface area contributed by atoms with Crippen molar-refractivity contribution in [3.63, 3.8) is 0 Å². The summed E-state index contributed by atoms with van der Waals surface area (Å²) in [4.78, 5) is 11.5. The zero-order chi connectivity index (χ0) is 17.8. The van der Waals surface area contributed by atoms with E-state index in [-0.39, 0.29) is 5.91 Å². The van der Waals surface area contributed by atoms with Crippen molar-refractivity contribution in [1.82, 2.24) is 20.3 Å². The first kappa shape index (κ1) is 17.0. The Bertz CT molecular complexity index is 884. The van der Waals surface area contributed by atoms with Gasteiger partial charge in [-0.1, -0.05) is 5.21 Å². The van der Waals surface area contributed by atoms with Gasteiger partial charge in [0.15, 0.2) is 0 Å². The van der Waals surface area contributed by atoms with E-state index in [1.807, 2.05) is 16.8 Å². The summed E-state index contributed by atoms with van der Waals surface area (Å²) in [5.41, 5.74) is 5.06. The van der Waals surface area contributed by atoms with E-state index in [9.17, 15) is 4.79 Å². The molecule has 1 amide bonds. The summed E-state index contributed by atoms with van der Waals surface area (Å²) >= 11 is 0. The van der Waals surface area contributed by atoms with Gasteiger partial charge in [0.1, 0.15) is 11.3 Å². The summed E-state index contributed by atoms with van der Waals surface area (Å²) in [6.07, 6.45) is 0.822. The van der Waals surface area contributed by atoms with Crippen molar-refractivity contribution in [3.8, 4) is 5.75 Å². The monoisotopic (exact) mass is 338 g/mol. The normalized spacial score (nSPS) is 10.8. The molecule has 25 heavy (non-hydrogen) atoms. The Balaban J connectivity index is 1.55. The minimum atomic E-state index is -0.102. The maximum atomic E-state index is 11.5. The molecule has 130 valence electrons. The van der Waals surface area contributed by atoms with Crippen molar-refractivity contribution in [2.45, 2.75) is 26.8 Å². The van der Waals surface area contributed by atoms with Crippen LogP contribution in [0.4, 0.5) is 0 Å². The molecule has 0 saturated heterocycles. The minimum Gasteiger partial charge on any atom is -0.494 e. The Morgan fingerprint density at radius 1 is 1.16 bits per heavy atom. The van der Waals surface area contributed by atoms with Crippen LogP contribution in [0.15, 0.2) is 36.4 Å². The lowest BCUT2D eigenvalue weighted by molar-refractivity contribution is 0.0963. The summed E-state index contributed by atoms with van der Waals surface area (Å²) in [6, 6.07) is 11.3. The van der Waals surface area contributed by atoms with E-state index in [1.165, 1.54) is 11.1 Å². The van der Waals surface area contributed by atoms with Crippen LogP contribution < -0.4 is 10.1 Å². The van der Waals surface area contributed by atoms with Crippen LogP contribution in [0.2, 0.25) is 0 Å². The lowest BCUT2D eigenvalue weighted by Crippen LogP contribution is -2.17. The number of hydrogen-bond donors (Lipinski definition) is 1. The highest BCUT2D eigenvalue weighted by Crippen LogP contribution is 2.17. The second-order valence-corrected chi connectivity index (χ2v) is 6.04. The van der Waals surface area contributed by atoms with Gasteiger partial charge in [0, 0.05) is 25.6 Å². The molecule has 0 aliphatic carbocycles. The van der Waals surface area contributed by atoms with Crippen molar-refractivity contribution in [2.75, 3.05) is 13.7 Å². The topological polar surface area (TPSA) is 69.0 Å². The molecule has 0 atom stereocenters. The largest absolute Gasteiger partial charge is 0.494 e. The molecule has 2 aromatic carbocycles. The first-order valence-electron chi connectivity index (χ1n) is 8.34. The van der Waals surface area contributed by atoms with E-state index in [4.69, 9.17) is 4.74 Å². The van der Waals surface area contributed by atoms with E-state index in [1.54, 1.807) is 19.2 Å². The molecule has 1 aromatic heterocycles. The molecule has 0 aliphatic heterocycles. The molecule has 0 unspecified atom stereocenters. The Labute approximate surface area is 146 Å². The number of aromatic nitrogens is 3. The number of amides is 1. The Morgan fingerprint density at radius 2 is 1.88 bits per heavy atom. The van der Waals surface area contributed by atoms with Gasteiger partial charge in [0.2, 0.25) is 0 Å². The Morgan fingerprint density at radius 3 is 2.60 bits per heavy atom. The van der Waals surface area contributed by atoms with Crippen LogP contribution in [-0.4, -0.2) is 34.6 Å². The molecule has 1 N–H and O–H groups in total. The summed E-state index contributed by atoms with van der Waals surface area (Å²) in [7, 11) is 1.61. The maximum absolute atomic E-state index is 11.5. The molecule has 0 radical (unpaired) electrons. The smallest absolute Gasteiger partial charge is 0.251 e. The second kappa shape index (κ2) is 7.34. The van der Waals surface area contributed by atoms with E-state index in [0.29, 0.717) is 12.2 Å². The van der Waals surface area contributed by atoms with Crippen LogP contribution in [0.1, 0.15) is 27.9 Å². The molecule has 0 fully saturated rings. The second-order valence-electron chi connectivity index (χ2n) is 6.04. The average molecular weight is 338 g/mol. The highest BCUT2D eigenvalue weighted by Gasteiger charge is 2.07. The fourth-order valence-corrected chi connectivity index (χ4v) is 2.64. The molecule has 6 heteroatoms. The summed E-state index contributed by atoms with van der Waals surface area (Å²) in [6.45, 7) is 5.50. The quantitative estimate of drug-likeness (QED) is 0.702. The summed E-state index contributed by atoms with van der Waals surface area (Å²) in [5.74, 6) is 0.651. The van der Waals surface area contributed by atoms with Crippen LogP contribution in [0.3, 0.4) is 0 Å². The number of rotatable bonds is 6. The third-order valence-electron chi connectivity index (χ3n) is 4.26. The van der Waals surface area contributed by atoms with E-state index < -0.39 is 0 Å². The van der Waals surface area contributed by atoms with Gasteiger partial charge >= 0.3 is 0 Å². The maximum Gasteiger partial charge on any atom is 0.251 e. The third kappa shape index (κ3) is 3.79. The number of fused-ring (bicyclic) bond motifs is 1. The molecule has 3 rings (SSSR count). The Hall–Kier alpha value is -2.89. The third-order valence-corrected chi connectivity index (χ3v) is 4.26. The zero-order valence-corrected chi connectivity index (χ0v) is 14.7. The van der Waals surface area contributed by atoms with Crippen molar-refractivity contribution in [3.05, 3.63) is 53.1 Å². The molecule has 3 aromatic rings. The molecule has 0 bridgehead atoms. The van der Waals surface area contributed by atoms with Crippen molar-refractivity contribution in [2.24, 2.45) is 0 Å². The van der Waals surface area contributed by atoms with Gasteiger partial charge in [0.25, 0.3) is 5.91 Å². The van der Waals surface area contributed by atoms with Gasteiger partial charge in [-0.3, -0.25) is 4.79 Å². The molecule has 0 spiro atoms. The lowest BCUT2D eigenvalue weighted by atomic mass is 10.1. The standard InChI is InChI=1S/C19H22N4O2/c1-13-11-17-18(12-14(13)2)23(22-21-17)9-4-10-25-16-7-5-15(6-8-16)19(24)20-3/h5-8,11-12H,4,9-10H2,1-3H3,(H,20,24). The fourth-order valence-electron chi connectivity index (χ4n) is 2.64. The summed E-state index contributed by atoms with van der Waals surface area (Å²) in [5, 5.41) is 11.1. The zero-order valence-electron chi connectivity index (χ0n) is 14.7. The van der Waals surface area contributed by atoms with Gasteiger partial charge in [-0.15, -0.1) is 5.10 Å². The molecule has 6 nitrogen and oxygen atoms in total. The SMILES string of the molecule is CNC(=O)c1ccc(OCCCn2nnc3cc(C)c(C)cc32)cc1. The van der Waals surface area contributed by atoms with Gasteiger partial charge < -0.3 is 10.1 Å². The van der Waals surface area contributed by atoms with Crippen LogP contribution in [0.5, 0.6) is 5.75 Å². The minimum absolute atomic E-state index is 0.102. The van der Waals surface area contributed by atoms with E-state index >= 15 is 0 Å². The number of benzene rings is 2. The van der Waals surface area contributed by atoms with Crippen molar-refractivity contribution < 1.29 is 9.53 Å². The number of carbonyl (C=O) groups is 1. The van der Waals surface area contributed by atoms with Gasteiger partial charge in [-0.05, 0) is 61.4 Å². The molecule has 0 saturated carbocycles. The van der Waals surface area contributed by atoms with Crippen LogP contribution in [0, 0.1) is 13.8 Å². The van der Waals surface area contributed by atoms with Crippen LogP contribution in [-0.2, 0) is 6.54 Å². The van der Waals surface area contributed by atoms with Gasteiger partial charge in [-0.2, -0.15) is 0 Å². The number of nitrogens with one attached hydrogen (secondary N) is 1. The number of nitrogens with zero attached hydrogens (tertiary/aromatic N) is 3. The first-order valence-corrected chi connectivity index (χ1v) is 8.34. The highest BCUT2D eigenvalue weighted by atomic mass is 16.5. The molecule has 1 heterocycles.